The standard InChI is InChI=1S/C29H27N2O2S.C2H4O2.Na/c32-28-27(34-29(31-28)30-25-9-5-2-6-10-25)19-21-11-13-23(14-12-21)24-15-17-26(18-16-24)33-20-22-7-3-1-4-8-22;1-2(3)4;/h5-6,9-19,22H,1,3-4,7-8,20H2,(H,30,31,32);1H3,(H,3,4);. The molecule has 6 nitrogen and oxygen atoms in total. The van der Waals surface area contributed by atoms with Crippen LogP contribution >= 0.6 is 11.8 Å². The topological polar surface area (TPSA) is 88.0 Å². The third-order valence-corrected chi connectivity index (χ3v) is 8.10. The molecule has 0 bridgehead atoms. The van der Waals surface area contributed by atoms with E-state index in [0.29, 0.717) is 16.0 Å². The van der Waals surface area contributed by atoms with Gasteiger partial charge in [0.05, 0.1) is 6.61 Å². The van der Waals surface area contributed by atoms with Crippen LogP contribution in [-0.2, 0) is 9.59 Å². The number of hydrogen-bond donors (Lipinski definition) is 2. The van der Waals surface area contributed by atoms with Crippen molar-refractivity contribution >= 4 is 71.3 Å². The Hall–Kier alpha value is -2.84. The van der Waals surface area contributed by atoms with Crippen LogP contribution in [0.3, 0.4) is 0 Å². The van der Waals surface area contributed by atoms with Crippen molar-refractivity contribution in [3.05, 3.63) is 83.3 Å². The summed E-state index contributed by atoms with van der Waals surface area (Å²) in [6, 6.07) is 24.8. The molecule has 2 aliphatic rings. The Balaban J connectivity index is 0.000000826. The Morgan fingerprint density at radius 1 is 1.00 bits per heavy atom. The molecule has 196 valence electrons. The number of aliphatic carboxylic acids is 1. The predicted molar refractivity (Wildman–Crippen MR) is 161 cm³/mol. The van der Waals surface area contributed by atoms with Crippen LogP contribution in [0.5, 0.6) is 5.75 Å². The quantitative estimate of drug-likeness (QED) is 0.278. The first-order valence-corrected chi connectivity index (χ1v) is 15.1. The number of rotatable bonds is 6. The van der Waals surface area contributed by atoms with Gasteiger partial charge in [0, 0.05) is 6.92 Å². The van der Waals surface area contributed by atoms with E-state index in [1.165, 1.54) is 46.7 Å². The number of nitrogens with zero attached hydrogens (tertiary/aromatic N) is 1. The zero-order valence-corrected chi connectivity index (χ0v) is 25.2. The van der Waals surface area contributed by atoms with Crippen molar-refractivity contribution in [2.24, 2.45) is 10.9 Å². The molecule has 1 amide bonds. The average Bonchev–Trinajstić information content (AvgIpc) is 3.28. The first-order chi connectivity index (χ1) is 18.9. The van der Waals surface area contributed by atoms with E-state index >= 15 is 0 Å². The number of carboxylic acid groups (broad SMARTS) is 1. The molecule has 39 heavy (non-hydrogen) atoms. The van der Waals surface area contributed by atoms with Crippen molar-refractivity contribution in [3.8, 4) is 16.9 Å². The molecule has 3 aromatic rings. The number of thioether (sulfide) groups is 1. The van der Waals surface area contributed by atoms with E-state index in [1.807, 2.05) is 30.3 Å². The molecule has 0 saturated heterocycles. The van der Waals surface area contributed by atoms with Crippen LogP contribution < -0.4 is 12.9 Å². The van der Waals surface area contributed by atoms with Crippen LogP contribution in [-0.4, -0.2) is 56.7 Å². The first kappa shape index (κ1) is 29.2. The number of anilines is 1. The maximum absolute atomic E-state index is 12.4. The van der Waals surface area contributed by atoms with E-state index in [9.17, 15) is 4.79 Å². The number of carboxylic acids is 1. The minimum absolute atomic E-state index is 0.204. The number of benzene rings is 3. The molecule has 1 fully saturated rings. The third kappa shape index (κ3) is 9.39. The Bertz CT molecular complexity index is 1330. The minimum atomic E-state index is -0.833. The Labute approximate surface area is 251 Å². The molecule has 3 aromatic carbocycles. The Kier molecular flexibility index (Phi) is 10.9. The Morgan fingerprint density at radius 2 is 1.59 bits per heavy atom. The fourth-order valence-corrected chi connectivity index (χ4v) is 5.62. The van der Waals surface area contributed by atoms with Crippen molar-refractivity contribution in [2.45, 2.75) is 39.0 Å². The molecule has 0 aromatic heterocycles. The molecule has 1 saturated carbocycles. The molecule has 0 atom stereocenters. The van der Waals surface area contributed by atoms with Gasteiger partial charge in [0.15, 0.2) is 0 Å². The van der Waals surface area contributed by atoms with Crippen molar-refractivity contribution in [3.63, 3.8) is 0 Å². The third-order valence-electron chi connectivity index (χ3n) is 6.53. The summed E-state index contributed by atoms with van der Waals surface area (Å²) in [5, 5.41) is 11.3. The van der Waals surface area contributed by atoms with Crippen LogP contribution in [0.2, 0.25) is 0 Å². The second-order valence-corrected chi connectivity index (χ2v) is 12.0. The van der Waals surface area contributed by atoms with Gasteiger partial charge in [-0.3, -0.25) is 4.79 Å². The zero-order chi connectivity index (χ0) is 27.6. The summed E-state index contributed by atoms with van der Waals surface area (Å²) in [4.78, 5) is 26.2. The van der Waals surface area contributed by atoms with E-state index in [0.717, 1.165) is 69.6 Å². The van der Waals surface area contributed by atoms with Crippen molar-refractivity contribution in [2.75, 3.05) is 11.9 Å². The molecule has 0 unspecified atom stereocenters. The van der Waals surface area contributed by atoms with E-state index < -0.39 is 5.97 Å². The number of amides is 1. The molecule has 0 radical (unpaired) electrons. The molecular formula is C31H31N2NaO4S. The second-order valence-electron chi connectivity index (χ2n) is 9.80. The van der Waals surface area contributed by atoms with Gasteiger partial charge in [0.25, 0.3) is 5.97 Å². The number of ether oxygens (including phenoxy) is 1. The van der Waals surface area contributed by atoms with Crippen LogP contribution in [0, 0.1) is 5.92 Å². The van der Waals surface area contributed by atoms with Gasteiger partial charge in [0.1, 0.15) is 5.75 Å². The van der Waals surface area contributed by atoms with E-state index in [1.54, 1.807) is 0 Å². The van der Waals surface area contributed by atoms with Crippen LogP contribution in [0.1, 0.15) is 44.6 Å². The summed E-state index contributed by atoms with van der Waals surface area (Å²) >= 11 is 2.40. The molecule has 0 spiro atoms. The summed E-state index contributed by atoms with van der Waals surface area (Å²) in [6.45, 7) is 1.91. The van der Waals surface area contributed by atoms with Crippen molar-refractivity contribution < 1.29 is 19.4 Å². The number of carbonyl (C=O) groups excluding carboxylic acids is 1. The van der Waals surface area contributed by atoms with E-state index in [-0.39, 0.29) is 5.91 Å². The molecule has 1 heterocycles. The SMILES string of the molecule is CC(=O)O.O=C1N=C(Nc2cc[c]([Na])cc2)SC1=Cc1ccc(-c2ccc(OCC3CCCCC3)cc2)cc1. The molecule has 1 aliphatic carbocycles. The van der Waals surface area contributed by atoms with Gasteiger partial charge in [-0.1, -0.05) is 31.4 Å². The van der Waals surface area contributed by atoms with Crippen LogP contribution in [0.15, 0.2) is 82.7 Å². The fraction of sp³-hybridized carbons (Fsp3) is 0.258. The van der Waals surface area contributed by atoms with Gasteiger partial charge in [-0.15, -0.1) is 0 Å². The molecule has 5 rings (SSSR count). The summed E-state index contributed by atoms with van der Waals surface area (Å²) in [7, 11) is 0. The van der Waals surface area contributed by atoms with Gasteiger partial charge < -0.3 is 9.84 Å². The van der Waals surface area contributed by atoms with Crippen LogP contribution in [0.4, 0.5) is 5.69 Å². The van der Waals surface area contributed by atoms with Gasteiger partial charge in [-0.05, 0) is 42.0 Å². The van der Waals surface area contributed by atoms with Crippen molar-refractivity contribution in [1.82, 2.24) is 0 Å². The predicted octanol–water partition coefficient (Wildman–Crippen LogP) is 6.28. The maximum atomic E-state index is 12.4. The fourth-order valence-electron chi connectivity index (χ4n) is 4.46. The summed E-state index contributed by atoms with van der Waals surface area (Å²) < 4.78 is 7.36. The summed E-state index contributed by atoms with van der Waals surface area (Å²) in [5.74, 6) is 0.607. The second kappa shape index (κ2) is 14.5. The normalized spacial score (nSPS) is 16.3. The molecular weight excluding hydrogens is 519 g/mol. The monoisotopic (exact) mass is 550 g/mol. The van der Waals surface area contributed by atoms with E-state index in [2.05, 4.69) is 58.8 Å². The first-order valence-electron chi connectivity index (χ1n) is 13.2. The average molecular weight is 551 g/mol. The van der Waals surface area contributed by atoms with Gasteiger partial charge in [-0.2, -0.15) is 0 Å². The van der Waals surface area contributed by atoms with Gasteiger partial charge >= 0.3 is 139 Å². The molecule has 2 N–H and O–H groups in total. The zero-order valence-electron chi connectivity index (χ0n) is 22.4. The number of aliphatic imine (C=N–C) groups is 1. The number of carbonyl (C=O) groups is 2. The number of hydrogen-bond acceptors (Lipinski definition) is 5. The molecule has 1 aliphatic heterocycles. The van der Waals surface area contributed by atoms with Crippen molar-refractivity contribution in [1.29, 1.82) is 0 Å². The summed E-state index contributed by atoms with van der Waals surface area (Å²) in [5.41, 5.74) is 4.21. The van der Waals surface area contributed by atoms with Gasteiger partial charge in [0.2, 0.25) is 0 Å². The number of nitrogens with one attached hydrogen (secondary N) is 1. The van der Waals surface area contributed by atoms with E-state index in [4.69, 9.17) is 14.6 Å². The van der Waals surface area contributed by atoms with Gasteiger partial charge in [-0.25, -0.2) is 0 Å². The number of amidine groups is 1. The molecule has 8 heteroatoms. The Morgan fingerprint density at radius 3 is 2.21 bits per heavy atom. The van der Waals surface area contributed by atoms with Crippen LogP contribution in [0.25, 0.3) is 17.2 Å². The summed E-state index contributed by atoms with van der Waals surface area (Å²) in [6.07, 6.45) is 8.54.